The van der Waals surface area contributed by atoms with E-state index in [9.17, 15) is 4.79 Å². The van der Waals surface area contributed by atoms with E-state index >= 15 is 0 Å². The predicted octanol–water partition coefficient (Wildman–Crippen LogP) is 2.88. The first-order valence-corrected chi connectivity index (χ1v) is 8.45. The lowest BCUT2D eigenvalue weighted by molar-refractivity contribution is 0.0788. The summed E-state index contributed by atoms with van der Waals surface area (Å²) < 4.78 is 7.11. The summed E-state index contributed by atoms with van der Waals surface area (Å²) in [6.07, 6.45) is 2.12. The first kappa shape index (κ1) is 15.6. The predicted molar refractivity (Wildman–Crippen MR) is 95.6 cm³/mol. The Balaban J connectivity index is 1.80. The molecule has 0 N–H and O–H groups in total. The Morgan fingerprint density at radius 1 is 1.12 bits per heavy atom. The molecule has 3 aromatic rings. The van der Waals surface area contributed by atoms with Gasteiger partial charge in [-0.05, 0) is 37.1 Å². The summed E-state index contributed by atoms with van der Waals surface area (Å²) in [5.74, 6) is 0.764. The molecule has 2 aromatic heterocycles. The molecule has 4 rings (SSSR count). The summed E-state index contributed by atoms with van der Waals surface area (Å²) in [5.41, 5.74) is 2.90. The second kappa shape index (κ2) is 6.20. The molecule has 3 heterocycles. The number of aromatic nitrogens is 3. The molecule has 1 saturated heterocycles. The van der Waals surface area contributed by atoms with Crippen LogP contribution in [0.25, 0.3) is 22.3 Å². The number of amides is 1. The summed E-state index contributed by atoms with van der Waals surface area (Å²) >= 11 is 0. The number of hydrogen-bond acceptors (Lipinski definition) is 4. The van der Waals surface area contributed by atoms with Gasteiger partial charge in [-0.1, -0.05) is 12.1 Å². The molecule has 6 heteroatoms. The average molecular weight is 336 g/mol. The molecular formula is C19H20N4O2. The van der Waals surface area contributed by atoms with Gasteiger partial charge in [0.15, 0.2) is 11.3 Å². The molecule has 1 aromatic carbocycles. The van der Waals surface area contributed by atoms with E-state index in [0.717, 1.165) is 48.3 Å². The molecule has 1 fully saturated rings. The summed E-state index contributed by atoms with van der Waals surface area (Å²) in [5, 5.41) is 5.23. The van der Waals surface area contributed by atoms with Gasteiger partial charge in [0, 0.05) is 25.7 Å². The first-order valence-electron chi connectivity index (χ1n) is 8.45. The smallest absolute Gasteiger partial charge is 0.275 e. The fraction of sp³-hybridized carbons (Fsp3) is 0.316. The van der Waals surface area contributed by atoms with Crippen LogP contribution in [0.3, 0.4) is 0 Å². The third-order valence-electron chi connectivity index (χ3n) is 4.67. The van der Waals surface area contributed by atoms with Crippen LogP contribution in [-0.2, 0) is 7.05 Å². The van der Waals surface area contributed by atoms with Crippen LogP contribution in [-0.4, -0.2) is 45.8 Å². The van der Waals surface area contributed by atoms with Crippen molar-refractivity contribution >= 4 is 16.9 Å². The summed E-state index contributed by atoms with van der Waals surface area (Å²) in [6.45, 7) is 1.62. The highest BCUT2D eigenvalue weighted by Gasteiger charge is 2.25. The number of hydrogen-bond donors (Lipinski definition) is 0. The maximum Gasteiger partial charge on any atom is 0.275 e. The van der Waals surface area contributed by atoms with Crippen molar-refractivity contribution in [2.75, 3.05) is 20.2 Å². The van der Waals surface area contributed by atoms with Gasteiger partial charge in [0.05, 0.1) is 18.2 Å². The van der Waals surface area contributed by atoms with Crippen LogP contribution in [0.4, 0.5) is 0 Å². The van der Waals surface area contributed by atoms with E-state index in [1.807, 2.05) is 48.3 Å². The van der Waals surface area contributed by atoms with Crippen LogP contribution in [0.1, 0.15) is 23.3 Å². The van der Waals surface area contributed by atoms with Crippen molar-refractivity contribution in [2.45, 2.75) is 12.8 Å². The van der Waals surface area contributed by atoms with Crippen molar-refractivity contribution in [3.8, 4) is 17.0 Å². The molecule has 0 saturated carbocycles. The SMILES string of the molecule is COc1ccccc1-c1ccc2c(C(=O)N3CCCC3)nn(C)c2n1. The Hall–Kier alpha value is -2.89. The van der Waals surface area contributed by atoms with Crippen LogP contribution >= 0.6 is 0 Å². The van der Waals surface area contributed by atoms with Gasteiger partial charge in [-0.15, -0.1) is 0 Å². The lowest BCUT2D eigenvalue weighted by atomic mass is 10.1. The minimum atomic E-state index is -0.00468. The van der Waals surface area contributed by atoms with Gasteiger partial charge < -0.3 is 9.64 Å². The highest BCUT2D eigenvalue weighted by molar-refractivity contribution is 6.04. The van der Waals surface area contributed by atoms with Gasteiger partial charge in [-0.2, -0.15) is 5.10 Å². The maximum atomic E-state index is 12.7. The van der Waals surface area contributed by atoms with Gasteiger partial charge in [0.1, 0.15) is 5.75 Å². The second-order valence-corrected chi connectivity index (χ2v) is 6.24. The molecule has 0 unspecified atom stereocenters. The van der Waals surface area contributed by atoms with Crippen molar-refractivity contribution in [1.82, 2.24) is 19.7 Å². The third kappa shape index (κ3) is 2.63. The van der Waals surface area contributed by atoms with Gasteiger partial charge in [-0.3, -0.25) is 4.79 Å². The standard InChI is InChI=1S/C19H20N4O2/c1-22-18-14(17(21-22)19(24)23-11-5-6-12-23)9-10-15(20-18)13-7-3-4-8-16(13)25-2/h3-4,7-10H,5-6,11-12H2,1-2H3. The number of carbonyl (C=O) groups is 1. The lowest BCUT2D eigenvalue weighted by Gasteiger charge is -2.13. The monoisotopic (exact) mass is 336 g/mol. The lowest BCUT2D eigenvalue weighted by Crippen LogP contribution is -2.28. The summed E-state index contributed by atoms with van der Waals surface area (Å²) in [4.78, 5) is 19.3. The number of methoxy groups -OCH3 is 1. The van der Waals surface area contributed by atoms with Crippen molar-refractivity contribution in [3.63, 3.8) is 0 Å². The Labute approximate surface area is 146 Å². The average Bonchev–Trinajstić information content (AvgIpc) is 3.29. The van der Waals surface area contributed by atoms with Crippen molar-refractivity contribution < 1.29 is 9.53 Å². The van der Waals surface area contributed by atoms with Crippen LogP contribution in [0, 0.1) is 0 Å². The van der Waals surface area contributed by atoms with Crippen molar-refractivity contribution in [2.24, 2.45) is 7.05 Å². The zero-order chi connectivity index (χ0) is 17.4. The molecule has 1 aliphatic heterocycles. The van der Waals surface area contributed by atoms with Gasteiger partial charge in [0.2, 0.25) is 0 Å². The number of fused-ring (bicyclic) bond motifs is 1. The number of nitrogens with zero attached hydrogens (tertiary/aromatic N) is 4. The maximum absolute atomic E-state index is 12.7. The van der Waals surface area contributed by atoms with E-state index in [-0.39, 0.29) is 5.91 Å². The number of rotatable bonds is 3. The fourth-order valence-corrected chi connectivity index (χ4v) is 3.37. The quantitative estimate of drug-likeness (QED) is 0.738. The van der Waals surface area contributed by atoms with Gasteiger partial charge in [-0.25, -0.2) is 9.67 Å². The topological polar surface area (TPSA) is 60.2 Å². The van der Waals surface area contributed by atoms with Crippen molar-refractivity contribution in [3.05, 3.63) is 42.1 Å². The van der Waals surface area contributed by atoms with Crippen molar-refractivity contribution in [1.29, 1.82) is 0 Å². The van der Waals surface area contributed by atoms with Gasteiger partial charge >= 0.3 is 0 Å². The Morgan fingerprint density at radius 2 is 1.88 bits per heavy atom. The van der Waals surface area contributed by atoms with E-state index in [2.05, 4.69) is 5.10 Å². The second-order valence-electron chi connectivity index (χ2n) is 6.24. The fourth-order valence-electron chi connectivity index (χ4n) is 3.37. The number of pyridine rings is 1. The minimum Gasteiger partial charge on any atom is -0.496 e. The number of aryl methyl sites for hydroxylation is 1. The molecule has 128 valence electrons. The molecular weight excluding hydrogens is 316 g/mol. The molecule has 0 radical (unpaired) electrons. The van der Waals surface area contributed by atoms with Crippen LogP contribution in [0.5, 0.6) is 5.75 Å². The third-order valence-corrected chi connectivity index (χ3v) is 4.67. The first-order chi connectivity index (χ1) is 12.2. The van der Waals surface area contributed by atoms with E-state index in [1.54, 1.807) is 11.8 Å². The molecule has 0 spiro atoms. The highest BCUT2D eigenvalue weighted by Crippen LogP contribution is 2.30. The minimum absolute atomic E-state index is 0.00468. The van der Waals surface area contributed by atoms with E-state index < -0.39 is 0 Å². The van der Waals surface area contributed by atoms with Crippen LogP contribution in [0.15, 0.2) is 36.4 Å². The number of carbonyl (C=O) groups excluding carboxylic acids is 1. The summed E-state index contributed by atoms with van der Waals surface area (Å²) in [6, 6.07) is 11.6. The van der Waals surface area contributed by atoms with Crippen LogP contribution < -0.4 is 4.74 Å². The number of likely N-dealkylation sites (tertiary alicyclic amines) is 1. The Kier molecular flexibility index (Phi) is 3.87. The molecule has 6 nitrogen and oxygen atoms in total. The van der Waals surface area contributed by atoms with Crippen LogP contribution in [0.2, 0.25) is 0 Å². The number of benzene rings is 1. The zero-order valence-electron chi connectivity index (χ0n) is 14.4. The molecule has 0 aliphatic carbocycles. The Bertz CT molecular complexity index is 942. The van der Waals surface area contributed by atoms with E-state index in [4.69, 9.17) is 9.72 Å². The molecule has 0 atom stereocenters. The highest BCUT2D eigenvalue weighted by atomic mass is 16.5. The largest absolute Gasteiger partial charge is 0.496 e. The van der Waals surface area contributed by atoms with E-state index in [1.165, 1.54) is 0 Å². The molecule has 1 aliphatic rings. The normalized spacial score (nSPS) is 14.2. The number of ether oxygens (including phenoxy) is 1. The molecule has 0 bridgehead atoms. The molecule has 1 amide bonds. The summed E-state index contributed by atoms with van der Waals surface area (Å²) in [7, 11) is 3.47. The Morgan fingerprint density at radius 3 is 2.64 bits per heavy atom. The molecule has 25 heavy (non-hydrogen) atoms. The zero-order valence-corrected chi connectivity index (χ0v) is 14.4. The van der Waals surface area contributed by atoms with E-state index in [0.29, 0.717) is 11.3 Å². The van der Waals surface area contributed by atoms with Gasteiger partial charge in [0.25, 0.3) is 5.91 Å². The number of para-hydroxylation sites is 1.